The van der Waals surface area contributed by atoms with Crippen LogP contribution in [0.1, 0.15) is 17.5 Å². The van der Waals surface area contributed by atoms with Gasteiger partial charge < -0.3 is 15.5 Å². The van der Waals surface area contributed by atoms with E-state index in [4.69, 9.17) is 0 Å². The zero-order chi connectivity index (χ0) is 22.1. The molecule has 10 heteroatoms. The Bertz CT molecular complexity index is 808. The Morgan fingerprint density at radius 1 is 0.968 bits per heavy atom. The molecule has 2 N–H and O–H groups in total. The molecule has 2 heterocycles. The second-order valence-electron chi connectivity index (χ2n) is 7.36. The number of urea groups is 1. The van der Waals surface area contributed by atoms with E-state index in [1.807, 2.05) is 0 Å². The number of halogens is 3. The van der Waals surface area contributed by atoms with Crippen molar-refractivity contribution in [2.24, 2.45) is 0 Å². The number of benzene rings is 1. The Morgan fingerprint density at radius 3 is 2.26 bits per heavy atom. The number of nitrogens with one attached hydrogen (secondary N) is 2. The lowest BCUT2D eigenvalue weighted by atomic mass is 10.1. The van der Waals surface area contributed by atoms with Crippen LogP contribution in [-0.4, -0.2) is 66.7 Å². The van der Waals surface area contributed by atoms with Crippen molar-refractivity contribution in [2.75, 3.05) is 50.7 Å². The predicted molar refractivity (Wildman–Crippen MR) is 112 cm³/mol. The molecule has 3 rings (SSSR count). The molecule has 168 valence electrons. The maximum atomic E-state index is 12.6. The number of rotatable bonds is 8. The van der Waals surface area contributed by atoms with Crippen LogP contribution in [0.25, 0.3) is 0 Å². The lowest BCUT2D eigenvalue weighted by Crippen LogP contribution is -2.47. The Balaban J connectivity index is 1.24. The molecular formula is C21H27F3N6O. The minimum absolute atomic E-state index is 0.266. The molecule has 0 spiro atoms. The zero-order valence-corrected chi connectivity index (χ0v) is 17.2. The smallest absolute Gasteiger partial charge is 0.338 e. The van der Waals surface area contributed by atoms with Gasteiger partial charge in [0.2, 0.25) is 5.95 Å². The second-order valence-corrected chi connectivity index (χ2v) is 7.36. The van der Waals surface area contributed by atoms with Crippen LogP contribution in [0.3, 0.4) is 0 Å². The van der Waals surface area contributed by atoms with Crippen molar-refractivity contribution in [3.8, 4) is 0 Å². The number of aromatic nitrogens is 2. The average molecular weight is 436 g/mol. The van der Waals surface area contributed by atoms with E-state index in [1.54, 1.807) is 18.5 Å². The van der Waals surface area contributed by atoms with Crippen LogP contribution in [-0.2, 0) is 12.6 Å². The Labute approximate surface area is 179 Å². The van der Waals surface area contributed by atoms with Gasteiger partial charge in [0, 0.05) is 51.7 Å². The van der Waals surface area contributed by atoms with Crippen molar-refractivity contribution in [3.05, 3.63) is 53.9 Å². The summed E-state index contributed by atoms with van der Waals surface area (Å²) < 4.78 is 37.7. The predicted octanol–water partition coefficient (Wildman–Crippen LogP) is 2.55. The molecule has 1 aliphatic rings. The van der Waals surface area contributed by atoms with E-state index in [1.165, 1.54) is 12.1 Å². The fourth-order valence-corrected chi connectivity index (χ4v) is 3.37. The highest BCUT2D eigenvalue weighted by molar-refractivity contribution is 5.73. The van der Waals surface area contributed by atoms with Crippen LogP contribution in [0.2, 0.25) is 0 Å². The van der Waals surface area contributed by atoms with Crippen LogP contribution in [0.4, 0.5) is 23.9 Å². The Morgan fingerprint density at radius 2 is 1.61 bits per heavy atom. The van der Waals surface area contributed by atoms with Crippen molar-refractivity contribution in [1.29, 1.82) is 0 Å². The first kappa shape index (κ1) is 22.8. The van der Waals surface area contributed by atoms with Gasteiger partial charge in [0.05, 0.1) is 5.56 Å². The summed E-state index contributed by atoms with van der Waals surface area (Å²) in [5, 5.41) is 5.55. The molecule has 0 atom stereocenters. The highest BCUT2D eigenvalue weighted by Gasteiger charge is 2.29. The van der Waals surface area contributed by atoms with Gasteiger partial charge in [-0.1, -0.05) is 12.1 Å². The first-order valence-corrected chi connectivity index (χ1v) is 10.3. The molecule has 7 nitrogen and oxygen atoms in total. The molecule has 1 saturated heterocycles. The number of carbonyl (C=O) groups excluding carboxylic acids is 1. The maximum absolute atomic E-state index is 12.6. The van der Waals surface area contributed by atoms with Gasteiger partial charge in [0.15, 0.2) is 0 Å². The van der Waals surface area contributed by atoms with Crippen molar-refractivity contribution in [3.63, 3.8) is 0 Å². The molecule has 1 aliphatic heterocycles. The van der Waals surface area contributed by atoms with E-state index in [0.717, 1.165) is 62.8 Å². The van der Waals surface area contributed by atoms with Gasteiger partial charge in [-0.2, -0.15) is 13.2 Å². The number of carbonyl (C=O) groups is 1. The van der Waals surface area contributed by atoms with Crippen molar-refractivity contribution >= 4 is 12.0 Å². The van der Waals surface area contributed by atoms with Gasteiger partial charge in [-0.05, 0) is 43.1 Å². The number of alkyl halides is 3. The highest BCUT2D eigenvalue weighted by atomic mass is 19.4. The zero-order valence-electron chi connectivity index (χ0n) is 17.2. The third-order valence-electron chi connectivity index (χ3n) is 5.12. The van der Waals surface area contributed by atoms with Crippen LogP contribution in [0.15, 0.2) is 42.7 Å². The van der Waals surface area contributed by atoms with Gasteiger partial charge in [-0.25, -0.2) is 14.8 Å². The van der Waals surface area contributed by atoms with E-state index >= 15 is 0 Å². The lowest BCUT2D eigenvalue weighted by Gasteiger charge is -2.34. The first-order chi connectivity index (χ1) is 14.9. The average Bonchev–Trinajstić information content (AvgIpc) is 2.77. The van der Waals surface area contributed by atoms with E-state index in [9.17, 15) is 18.0 Å². The van der Waals surface area contributed by atoms with Crippen LogP contribution in [0, 0.1) is 0 Å². The quantitative estimate of drug-likeness (QED) is 0.623. The van der Waals surface area contributed by atoms with E-state index in [-0.39, 0.29) is 6.03 Å². The fraction of sp³-hybridized carbons (Fsp3) is 0.476. The van der Waals surface area contributed by atoms with Crippen LogP contribution >= 0.6 is 0 Å². The van der Waals surface area contributed by atoms with Gasteiger partial charge in [-0.15, -0.1) is 0 Å². The normalized spacial score (nSPS) is 15.0. The molecule has 2 amide bonds. The molecular weight excluding hydrogens is 409 g/mol. The molecule has 1 fully saturated rings. The Hall–Kier alpha value is -2.88. The summed E-state index contributed by atoms with van der Waals surface area (Å²) in [5.74, 6) is 0.761. The van der Waals surface area contributed by atoms with E-state index in [2.05, 4.69) is 30.4 Å². The fourth-order valence-electron chi connectivity index (χ4n) is 3.37. The summed E-state index contributed by atoms with van der Waals surface area (Å²) in [6.45, 7) is 5.43. The third-order valence-corrected chi connectivity index (χ3v) is 5.12. The lowest BCUT2D eigenvalue weighted by molar-refractivity contribution is -0.137. The van der Waals surface area contributed by atoms with Crippen LogP contribution < -0.4 is 15.5 Å². The van der Waals surface area contributed by atoms with Gasteiger partial charge >= 0.3 is 12.2 Å². The SMILES string of the molecule is O=C(NCCCN1CCN(c2ncccn2)CC1)NCCc1ccc(C(F)(F)F)cc1. The summed E-state index contributed by atoms with van der Waals surface area (Å²) in [6.07, 6.45) is 0.472. The van der Waals surface area contributed by atoms with Gasteiger partial charge in [0.25, 0.3) is 0 Å². The maximum Gasteiger partial charge on any atom is 0.416 e. The molecule has 0 radical (unpaired) electrons. The number of nitrogens with zero attached hydrogens (tertiary/aromatic N) is 4. The standard InChI is InChI=1S/C21H27F3N6O/c22-21(23,24)18-5-3-17(4-6-18)7-11-28-20(31)27-10-2-12-29-13-15-30(16-14-29)19-25-8-1-9-26-19/h1,3-6,8-9H,2,7,10-16H2,(H2,27,28,31). The van der Waals surface area contributed by atoms with E-state index < -0.39 is 11.7 Å². The monoisotopic (exact) mass is 436 g/mol. The molecule has 31 heavy (non-hydrogen) atoms. The van der Waals surface area contributed by atoms with Crippen molar-refractivity contribution in [2.45, 2.75) is 19.0 Å². The molecule has 0 saturated carbocycles. The van der Waals surface area contributed by atoms with Crippen LogP contribution in [0.5, 0.6) is 0 Å². The number of hydrogen-bond donors (Lipinski definition) is 2. The van der Waals surface area contributed by atoms with Gasteiger partial charge in [0.1, 0.15) is 0 Å². The second kappa shape index (κ2) is 10.9. The minimum atomic E-state index is -4.33. The number of amides is 2. The molecule has 1 aromatic heterocycles. The summed E-state index contributed by atoms with van der Waals surface area (Å²) in [6, 6.07) is 6.53. The first-order valence-electron chi connectivity index (χ1n) is 10.3. The molecule has 2 aromatic rings. The minimum Gasteiger partial charge on any atom is -0.338 e. The Kier molecular flexibility index (Phi) is 8.05. The number of piperazine rings is 1. The number of anilines is 1. The molecule has 0 aliphatic carbocycles. The summed E-state index contributed by atoms with van der Waals surface area (Å²) in [4.78, 5) is 24.9. The largest absolute Gasteiger partial charge is 0.416 e. The van der Waals surface area contributed by atoms with Crippen molar-refractivity contribution in [1.82, 2.24) is 25.5 Å². The summed E-state index contributed by atoms with van der Waals surface area (Å²) in [5.41, 5.74) is 0.0742. The topological polar surface area (TPSA) is 73.4 Å². The van der Waals surface area contributed by atoms with Gasteiger partial charge in [-0.3, -0.25) is 4.90 Å². The summed E-state index contributed by atoms with van der Waals surface area (Å²) in [7, 11) is 0. The molecule has 0 unspecified atom stereocenters. The summed E-state index contributed by atoms with van der Waals surface area (Å²) >= 11 is 0. The highest BCUT2D eigenvalue weighted by Crippen LogP contribution is 2.29. The van der Waals surface area contributed by atoms with E-state index in [0.29, 0.717) is 19.5 Å². The molecule has 1 aromatic carbocycles. The van der Waals surface area contributed by atoms with Crippen molar-refractivity contribution < 1.29 is 18.0 Å². The number of hydrogen-bond acceptors (Lipinski definition) is 5. The third kappa shape index (κ3) is 7.39. The molecule has 0 bridgehead atoms.